The molecule has 0 aliphatic carbocycles. The van der Waals surface area contributed by atoms with Gasteiger partial charge in [0, 0.05) is 18.8 Å². The number of benzene rings is 2. The lowest BCUT2D eigenvalue weighted by Crippen LogP contribution is -2.41. The van der Waals surface area contributed by atoms with Crippen LogP contribution in [0.5, 0.6) is 11.5 Å². The van der Waals surface area contributed by atoms with E-state index in [4.69, 9.17) is 14.2 Å². The summed E-state index contributed by atoms with van der Waals surface area (Å²) in [6.45, 7) is 5.04. The van der Waals surface area contributed by atoms with Crippen molar-refractivity contribution in [2.45, 2.75) is 39.2 Å². The highest BCUT2D eigenvalue weighted by Crippen LogP contribution is 2.28. The highest BCUT2D eigenvalue weighted by molar-refractivity contribution is 6.35. The maximum absolute atomic E-state index is 12.3. The van der Waals surface area contributed by atoms with Crippen LogP contribution in [0.3, 0.4) is 0 Å². The number of rotatable bonds is 11. The van der Waals surface area contributed by atoms with Crippen LogP contribution in [0.15, 0.2) is 47.6 Å². The van der Waals surface area contributed by atoms with Gasteiger partial charge in [-0.3, -0.25) is 14.4 Å². The molecule has 1 saturated heterocycles. The van der Waals surface area contributed by atoms with Gasteiger partial charge in [-0.15, -0.1) is 0 Å². The molecule has 0 unspecified atom stereocenters. The maximum atomic E-state index is 12.3. The van der Waals surface area contributed by atoms with E-state index in [9.17, 15) is 14.4 Å². The molecular formula is C26H32N4O6. The SMILES string of the molecule is CCOc1cc(/C=N\NC(=O)C(=O)NC[C@H]2CCCO2)ccc1OCC(=O)Nc1ccc(CC)cc1. The minimum atomic E-state index is -0.871. The monoisotopic (exact) mass is 496 g/mol. The number of hydrogen-bond donors (Lipinski definition) is 3. The second-order valence-corrected chi connectivity index (χ2v) is 8.07. The highest BCUT2D eigenvalue weighted by Gasteiger charge is 2.19. The zero-order valence-electron chi connectivity index (χ0n) is 20.5. The Bertz CT molecular complexity index is 1060. The third kappa shape index (κ3) is 8.38. The summed E-state index contributed by atoms with van der Waals surface area (Å²) >= 11 is 0. The average Bonchev–Trinajstić information content (AvgIpc) is 3.41. The smallest absolute Gasteiger partial charge is 0.329 e. The van der Waals surface area contributed by atoms with Crippen molar-refractivity contribution in [1.82, 2.24) is 10.7 Å². The summed E-state index contributed by atoms with van der Waals surface area (Å²) in [7, 11) is 0. The lowest BCUT2D eigenvalue weighted by molar-refractivity contribution is -0.139. The molecule has 0 bridgehead atoms. The molecule has 2 aromatic carbocycles. The van der Waals surface area contributed by atoms with Crippen molar-refractivity contribution < 1.29 is 28.6 Å². The van der Waals surface area contributed by atoms with Crippen LogP contribution < -0.4 is 25.5 Å². The van der Waals surface area contributed by atoms with E-state index in [1.807, 2.05) is 31.2 Å². The van der Waals surface area contributed by atoms with Gasteiger partial charge in [-0.25, -0.2) is 5.43 Å². The fraction of sp³-hybridized carbons (Fsp3) is 0.385. The molecule has 1 aliphatic heterocycles. The molecule has 2 aromatic rings. The summed E-state index contributed by atoms with van der Waals surface area (Å²) in [4.78, 5) is 36.1. The Morgan fingerprint density at radius 1 is 1.06 bits per heavy atom. The number of hydrazone groups is 1. The minimum Gasteiger partial charge on any atom is -0.490 e. The lowest BCUT2D eigenvalue weighted by atomic mass is 10.1. The third-order valence-electron chi connectivity index (χ3n) is 5.37. The summed E-state index contributed by atoms with van der Waals surface area (Å²) in [5.74, 6) is -1.14. The van der Waals surface area contributed by atoms with E-state index in [-0.39, 0.29) is 25.2 Å². The minimum absolute atomic E-state index is 0.0543. The maximum Gasteiger partial charge on any atom is 0.329 e. The van der Waals surface area contributed by atoms with Crippen molar-refractivity contribution in [1.29, 1.82) is 0 Å². The van der Waals surface area contributed by atoms with Crippen LogP contribution >= 0.6 is 0 Å². The fourth-order valence-electron chi connectivity index (χ4n) is 3.47. The van der Waals surface area contributed by atoms with Crippen molar-refractivity contribution in [2.75, 3.05) is 31.7 Å². The van der Waals surface area contributed by atoms with E-state index in [1.54, 1.807) is 18.2 Å². The second kappa shape index (κ2) is 13.8. The number of nitrogens with zero attached hydrogens (tertiary/aromatic N) is 1. The zero-order valence-corrected chi connectivity index (χ0v) is 20.5. The Morgan fingerprint density at radius 2 is 1.86 bits per heavy atom. The number of ether oxygens (including phenoxy) is 3. The van der Waals surface area contributed by atoms with E-state index in [1.165, 1.54) is 11.8 Å². The van der Waals surface area contributed by atoms with Crippen LogP contribution in [0.1, 0.15) is 37.8 Å². The fourth-order valence-corrected chi connectivity index (χ4v) is 3.47. The van der Waals surface area contributed by atoms with Crippen molar-refractivity contribution in [3.05, 3.63) is 53.6 Å². The number of amides is 3. The van der Waals surface area contributed by atoms with E-state index in [2.05, 4.69) is 28.1 Å². The number of aryl methyl sites for hydroxylation is 1. The quantitative estimate of drug-likeness (QED) is 0.249. The Hall–Kier alpha value is -3.92. The Morgan fingerprint density at radius 3 is 2.56 bits per heavy atom. The standard InChI is InChI=1S/C26H32N4O6/c1-3-18-7-10-20(11-8-18)29-24(31)17-36-22-12-9-19(14-23(22)34-4-2)15-28-30-26(33)25(32)27-16-21-6-5-13-35-21/h7-12,14-15,21H,3-6,13,16-17H2,1-2H3,(H,27,32)(H,29,31)(H,30,33)/b28-15-/t21-/m1/s1. The van der Waals surface area contributed by atoms with Gasteiger partial charge in [-0.1, -0.05) is 19.1 Å². The molecule has 36 heavy (non-hydrogen) atoms. The zero-order chi connectivity index (χ0) is 25.8. The second-order valence-electron chi connectivity index (χ2n) is 8.07. The van der Waals surface area contributed by atoms with Crippen LogP contribution in [0.2, 0.25) is 0 Å². The van der Waals surface area contributed by atoms with Crippen LogP contribution in [0.4, 0.5) is 5.69 Å². The first kappa shape index (κ1) is 26.7. The normalized spacial score (nSPS) is 14.9. The molecule has 0 radical (unpaired) electrons. The van der Waals surface area contributed by atoms with Crippen LogP contribution in [0.25, 0.3) is 0 Å². The first-order valence-corrected chi connectivity index (χ1v) is 12.0. The number of anilines is 1. The van der Waals surface area contributed by atoms with Gasteiger partial charge in [0.1, 0.15) is 0 Å². The molecular weight excluding hydrogens is 464 g/mol. The van der Waals surface area contributed by atoms with Crippen molar-refractivity contribution in [3.63, 3.8) is 0 Å². The molecule has 0 aromatic heterocycles. The van der Waals surface area contributed by atoms with Gasteiger partial charge in [0.25, 0.3) is 5.91 Å². The number of hydrogen-bond acceptors (Lipinski definition) is 7. The van der Waals surface area contributed by atoms with Gasteiger partial charge in [-0.05, 0) is 67.6 Å². The molecule has 10 nitrogen and oxygen atoms in total. The topological polar surface area (TPSA) is 127 Å². The summed E-state index contributed by atoms with van der Waals surface area (Å²) in [5.41, 5.74) is 4.68. The van der Waals surface area contributed by atoms with Crippen molar-refractivity contribution in [2.24, 2.45) is 5.10 Å². The number of carbonyl (C=O) groups excluding carboxylic acids is 3. The Labute approximate surface area is 210 Å². The first-order valence-electron chi connectivity index (χ1n) is 12.0. The van der Waals surface area contributed by atoms with E-state index in [0.717, 1.165) is 19.3 Å². The average molecular weight is 497 g/mol. The van der Waals surface area contributed by atoms with Gasteiger partial charge in [-0.2, -0.15) is 5.10 Å². The summed E-state index contributed by atoms with van der Waals surface area (Å²) < 4.78 is 16.7. The van der Waals surface area contributed by atoms with Crippen LogP contribution in [0, 0.1) is 0 Å². The molecule has 0 spiro atoms. The van der Waals surface area contributed by atoms with E-state index >= 15 is 0 Å². The van der Waals surface area contributed by atoms with Gasteiger partial charge in [0.2, 0.25) is 0 Å². The van der Waals surface area contributed by atoms with E-state index in [0.29, 0.717) is 36.0 Å². The van der Waals surface area contributed by atoms with Crippen LogP contribution in [-0.2, 0) is 25.5 Å². The third-order valence-corrected chi connectivity index (χ3v) is 5.37. The Balaban J connectivity index is 1.50. The predicted molar refractivity (Wildman–Crippen MR) is 135 cm³/mol. The largest absolute Gasteiger partial charge is 0.490 e. The number of carbonyl (C=O) groups is 3. The molecule has 1 heterocycles. The highest BCUT2D eigenvalue weighted by atomic mass is 16.5. The number of nitrogens with one attached hydrogen (secondary N) is 3. The summed E-state index contributed by atoms with van der Waals surface area (Å²) in [6, 6.07) is 12.6. The molecule has 1 aliphatic rings. The van der Waals surface area contributed by atoms with Gasteiger partial charge in [0.15, 0.2) is 18.1 Å². The molecule has 3 N–H and O–H groups in total. The van der Waals surface area contributed by atoms with Crippen LogP contribution in [-0.4, -0.2) is 56.4 Å². The molecule has 1 fully saturated rings. The Kier molecular flexibility index (Phi) is 10.3. The van der Waals surface area contributed by atoms with Gasteiger partial charge >= 0.3 is 11.8 Å². The summed E-state index contributed by atoms with van der Waals surface area (Å²) in [6.07, 6.45) is 4.06. The van der Waals surface area contributed by atoms with Gasteiger partial charge in [0.05, 0.1) is 18.9 Å². The first-order chi connectivity index (χ1) is 17.5. The molecule has 0 saturated carbocycles. The molecule has 3 amide bonds. The van der Waals surface area contributed by atoms with Crippen molar-refractivity contribution >= 4 is 29.6 Å². The lowest BCUT2D eigenvalue weighted by Gasteiger charge is -2.13. The molecule has 10 heteroatoms. The van der Waals surface area contributed by atoms with E-state index < -0.39 is 11.8 Å². The summed E-state index contributed by atoms with van der Waals surface area (Å²) in [5, 5.41) is 9.15. The van der Waals surface area contributed by atoms with Gasteiger partial charge < -0.3 is 24.8 Å². The predicted octanol–water partition coefficient (Wildman–Crippen LogP) is 2.41. The molecule has 1 atom stereocenters. The van der Waals surface area contributed by atoms with Crippen molar-refractivity contribution in [3.8, 4) is 11.5 Å². The molecule has 192 valence electrons. The molecule has 3 rings (SSSR count).